The fourth-order valence-corrected chi connectivity index (χ4v) is 6.91. The van der Waals surface area contributed by atoms with Crippen molar-refractivity contribution in [1.29, 1.82) is 0 Å². The van der Waals surface area contributed by atoms with Gasteiger partial charge in [0.05, 0.1) is 32.2 Å². The standard InChI is InChI=1S/C30H28ClF3N6OS/c1-19-38-27-24(42-19)7-6-23-26(27)29(18-40(23)28(41)37-16-20-8-11-35-25(31)15-20)9-13-39(14-10-29)12-2-3-22-5-4-21(17-36-22)30(32,33)34/h2-8,11,15,17H,9-10,12-14,16,18H2,1H3,(H,37,41). The lowest BCUT2D eigenvalue weighted by Gasteiger charge is -2.39. The number of thiazole rings is 1. The van der Waals surface area contributed by atoms with Gasteiger partial charge >= 0.3 is 12.2 Å². The molecule has 1 N–H and O–H groups in total. The maximum Gasteiger partial charge on any atom is 0.417 e. The van der Waals surface area contributed by atoms with Crippen LogP contribution < -0.4 is 10.2 Å². The molecule has 5 heterocycles. The molecule has 42 heavy (non-hydrogen) atoms. The summed E-state index contributed by atoms with van der Waals surface area (Å²) in [5.41, 5.74) is 3.41. The van der Waals surface area contributed by atoms with Gasteiger partial charge in [0.2, 0.25) is 0 Å². The first kappa shape index (κ1) is 28.6. The molecule has 4 aromatic rings. The zero-order valence-electron chi connectivity index (χ0n) is 22.8. The Morgan fingerprint density at radius 3 is 2.69 bits per heavy atom. The van der Waals surface area contributed by atoms with Gasteiger partial charge in [-0.05, 0) is 80.9 Å². The number of halogens is 4. The number of alkyl halides is 3. The van der Waals surface area contributed by atoms with Crippen molar-refractivity contribution in [2.45, 2.75) is 37.9 Å². The summed E-state index contributed by atoms with van der Waals surface area (Å²) < 4.78 is 39.6. The lowest BCUT2D eigenvalue weighted by Crippen LogP contribution is -2.47. The second-order valence-electron chi connectivity index (χ2n) is 10.7. The molecule has 0 atom stereocenters. The number of pyridine rings is 2. The summed E-state index contributed by atoms with van der Waals surface area (Å²) in [6.45, 7) is 5.20. The Bertz CT molecular complexity index is 1650. The van der Waals surface area contributed by atoms with Crippen molar-refractivity contribution in [3.8, 4) is 0 Å². The number of aromatic nitrogens is 3. The number of likely N-dealkylation sites (tertiary alicyclic amines) is 1. The molecule has 0 saturated carbocycles. The number of amides is 2. The highest BCUT2D eigenvalue weighted by Crippen LogP contribution is 2.50. The molecule has 0 aliphatic carbocycles. The van der Waals surface area contributed by atoms with Crippen LogP contribution in [0.1, 0.15) is 40.2 Å². The second-order valence-corrected chi connectivity index (χ2v) is 12.3. The van der Waals surface area contributed by atoms with E-state index in [0.717, 1.165) is 70.2 Å². The van der Waals surface area contributed by atoms with Crippen LogP contribution in [0.4, 0.5) is 23.7 Å². The van der Waals surface area contributed by atoms with Crippen LogP contribution in [-0.4, -0.2) is 52.1 Å². The highest BCUT2D eigenvalue weighted by Gasteiger charge is 2.48. The van der Waals surface area contributed by atoms with Gasteiger partial charge in [0, 0.05) is 43.0 Å². The third-order valence-electron chi connectivity index (χ3n) is 7.99. The Morgan fingerprint density at radius 1 is 1.17 bits per heavy atom. The third kappa shape index (κ3) is 5.73. The van der Waals surface area contributed by atoms with Crippen molar-refractivity contribution < 1.29 is 18.0 Å². The van der Waals surface area contributed by atoms with Crippen molar-refractivity contribution in [3.63, 3.8) is 0 Å². The van der Waals surface area contributed by atoms with Crippen molar-refractivity contribution in [2.24, 2.45) is 0 Å². The highest BCUT2D eigenvalue weighted by molar-refractivity contribution is 7.18. The smallest absolute Gasteiger partial charge is 0.334 e. The number of piperidine rings is 1. The van der Waals surface area contributed by atoms with Crippen molar-refractivity contribution in [3.05, 3.63) is 87.4 Å². The number of hydrogen-bond donors (Lipinski definition) is 1. The number of benzene rings is 1. The maximum absolute atomic E-state index is 13.5. The average Bonchev–Trinajstić information content (AvgIpc) is 3.50. The zero-order valence-corrected chi connectivity index (χ0v) is 24.4. The van der Waals surface area contributed by atoms with Crippen LogP contribution in [0, 0.1) is 6.92 Å². The van der Waals surface area contributed by atoms with Gasteiger partial charge in [-0.15, -0.1) is 11.3 Å². The van der Waals surface area contributed by atoms with E-state index in [1.54, 1.807) is 29.7 Å². The summed E-state index contributed by atoms with van der Waals surface area (Å²) in [5.74, 6) is 0. The normalized spacial score (nSPS) is 16.9. The monoisotopic (exact) mass is 612 g/mol. The minimum atomic E-state index is -4.40. The molecule has 218 valence electrons. The second kappa shape index (κ2) is 11.3. The van der Waals surface area contributed by atoms with Crippen LogP contribution in [-0.2, 0) is 18.1 Å². The van der Waals surface area contributed by atoms with Crippen LogP contribution >= 0.6 is 22.9 Å². The predicted octanol–water partition coefficient (Wildman–Crippen LogP) is 6.84. The average molecular weight is 613 g/mol. The number of rotatable bonds is 5. The number of nitrogens with one attached hydrogen (secondary N) is 1. The van der Waals surface area contributed by atoms with Gasteiger partial charge in [0.25, 0.3) is 0 Å². The Kier molecular flexibility index (Phi) is 7.67. The molecule has 0 radical (unpaired) electrons. The van der Waals surface area contributed by atoms with E-state index in [-0.39, 0.29) is 11.4 Å². The molecule has 7 nitrogen and oxygen atoms in total. The van der Waals surface area contributed by atoms with E-state index in [1.807, 2.05) is 30.0 Å². The quantitative estimate of drug-likeness (QED) is 0.250. The van der Waals surface area contributed by atoms with Crippen molar-refractivity contribution in [1.82, 2.24) is 25.2 Å². The molecule has 6 rings (SSSR count). The molecule has 12 heteroatoms. The molecule has 2 aliphatic heterocycles. The number of carbonyl (C=O) groups is 1. The van der Waals surface area contributed by atoms with Gasteiger partial charge in [-0.3, -0.25) is 14.8 Å². The lowest BCUT2D eigenvalue weighted by atomic mass is 9.74. The summed E-state index contributed by atoms with van der Waals surface area (Å²) >= 11 is 7.67. The van der Waals surface area contributed by atoms with E-state index in [4.69, 9.17) is 16.6 Å². The van der Waals surface area contributed by atoms with E-state index in [2.05, 4.69) is 26.3 Å². The number of aryl methyl sites for hydroxylation is 1. The van der Waals surface area contributed by atoms with E-state index < -0.39 is 11.7 Å². The van der Waals surface area contributed by atoms with Crippen LogP contribution in [0.2, 0.25) is 5.15 Å². The van der Waals surface area contributed by atoms with E-state index >= 15 is 0 Å². The minimum absolute atomic E-state index is 0.165. The number of anilines is 1. The maximum atomic E-state index is 13.5. The SMILES string of the molecule is Cc1nc2c3c(ccc2s1)N(C(=O)NCc1ccnc(Cl)c1)CC31CCN(CC=Cc2ccc(C(F)(F)F)cn2)CC1. The minimum Gasteiger partial charge on any atom is -0.334 e. The van der Waals surface area contributed by atoms with Gasteiger partial charge < -0.3 is 5.32 Å². The van der Waals surface area contributed by atoms with Gasteiger partial charge in [-0.25, -0.2) is 14.8 Å². The highest BCUT2D eigenvalue weighted by atomic mass is 35.5. The van der Waals surface area contributed by atoms with Crippen molar-refractivity contribution in [2.75, 3.05) is 31.1 Å². The third-order valence-corrected chi connectivity index (χ3v) is 9.13. The molecule has 1 aromatic carbocycles. The predicted molar refractivity (Wildman–Crippen MR) is 159 cm³/mol. The number of urea groups is 1. The van der Waals surface area contributed by atoms with Crippen LogP contribution in [0.3, 0.4) is 0 Å². The topological polar surface area (TPSA) is 74.2 Å². The van der Waals surface area contributed by atoms with Crippen LogP contribution in [0.25, 0.3) is 16.3 Å². The molecular formula is C30H28ClF3N6OS. The lowest BCUT2D eigenvalue weighted by molar-refractivity contribution is -0.137. The summed E-state index contributed by atoms with van der Waals surface area (Å²) in [7, 11) is 0. The van der Waals surface area contributed by atoms with Crippen LogP contribution in [0.5, 0.6) is 0 Å². The fraction of sp³-hybridized carbons (Fsp3) is 0.333. The van der Waals surface area contributed by atoms with Crippen LogP contribution in [0.15, 0.2) is 54.9 Å². The van der Waals surface area contributed by atoms with Crippen molar-refractivity contribution >= 4 is 50.9 Å². The molecule has 1 saturated heterocycles. The van der Waals surface area contributed by atoms with Gasteiger partial charge in [-0.1, -0.05) is 17.7 Å². The number of hydrogen-bond acceptors (Lipinski definition) is 6. The summed E-state index contributed by atoms with van der Waals surface area (Å²) in [4.78, 5) is 30.5. The van der Waals surface area contributed by atoms with Gasteiger partial charge in [0.1, 0.15) is 5.15 Å². The molecule has 2 aliphatic rings. The largest absolute Gasteiger partial charge is 0.417 e. The molecule has 1 fully saturated rings. The molecule has 1 spiro atoms. The summed E-state index contributed by atoms with van der Waals surface area (Å²) in [5, 5.41) is 4.41. The fourth-order valence-electron chi connectivity index (χ4n) is 5.88. The molecule has 2 amide bonds. The van der Waals surface area contributed by atoms with Gasteiger partial charge in [0.15, 0.2) is 0 Å². The first-order valence-corrected chi connectivity index (χ1v) is 14.8. The van der Waals surface area contributed by atoms with E-state index in [1.165, 1.54) is 6.07 Å². The molecular weight excluding hydrogens is 585 g/mol. The number of fused-ring (bicyclic) bond motifs is 4. The first-order valence-electron chi connectivity index (χ1n) is 13.6. The summed E-state index contributed by atoms with van der Waals surface area (Å²) in [6.07, 6.45) is 3.47. The Balaban J connectivity index is 1.17. The first-order chi connectivity index (χ1) is 20.1. The Hall–Kier alpha value is -3.54. The number of carbonyl (C=O) groups excluding carboxylic acids is 1. The molecule has 0 bridgehead atoms. The van der Waals surface area contributed by atoms with E-state index in [9.17, 15) is 18.0 Å². The van der Waals surface area contributed by atoms with Gasteiger partial charge in [-0.2, -0.15) is 13.2 Å². The molecule has 3 aromatic heterocycles. The summed E-state index contributed by atoms with van der Waals surface area (Å²) in [6, 6.07) is 9.91. The number of nitrogens with zero attached hydrogens (tertiary/aromatic N) is 5. The molecule has 0 unspecified atom stereocenters. The van der Waals surface area contributed by atoms with E-state index in [0.29, 0.717) is 30.5 Å². The Morgan fingerprint density at radius 2 is 1.98 bits per heavy atom. The zero-order chi connectivity index (χ0) is 29.5. The Labute approximate surface area is 250 Å².